The van der Waals surface area contributed by atoms with Crippen molar-refractivity contribution in [2.75, 3.05) is 18.6 Å². The molecule has 1 heterocycles. The summed E-state index contributed by atoms with van der Waals surface area (Å²) in [5, 5.41) is 3.11. The Kier molecular flexibility index (Phi) is 3.02. The van der Waals surface area contributed by atoms with Gasteiger partial charge in [0, 0.05) is 36.9 Å². The maximum absolute atomic E-state index is 3.11. The van der Waals surface area contributed by atoms with Crippen molar-refractivity contribution in [1.29, 1.82) is 0 Å². The van der Waals surface area contributed by atoms with E-state index >= 15 is 0 Å². The maximum Gasteiger partial charge on any atom is 0.0337 e. The lowest BCUT2D eigenvalue weighted by molar-refractivity contribution is 1.29. The normalized spacial score (nSPS) is 10.3. The highest BCUT2D eigenvalue weighted by Crippen LogP contribution is 2.22. The van der Waals surface area contributed by atoms with Crippen LogP contribution in [0.3, 0.4) is 0 Å². The number of aromatic nitrogens is 1. The Hall–Kier alpha value is -1.35. The van der Waals surface area contributed by atoms with Crippen LogP contribution in [-0.2, 0) is 0 Å². The van der Waals surface area contributed by atoms with Crippen molar-refractivity contribution in [2.45, 2.75) is 0 Å². The molecule has 1 N–H and O–H groups in total. The van der Waals surface area contributed by atoms with E-state index in [0.29, 0.717) is 0 Å². The predicted octanol–water partition coefficient (Wildman–Crippen LogP) is 3.32. The minimum absolute atomic E-state index is 1.14. The highest BCUT2D eigenvalue weighted by atomic mass is 32.2. The van der Waals surface area contributed by atoms with Gasteiger partial charge in [-0.1, -0.05) is 12.1 Å². The molecule has 78 valence electrons. The fourth-order valence-corrected chi connectivity index (χ4v) is 1.89. The highest BCUT2D eigenvalue weighted by Gasteiger charge is 1.99. The molecule has 15 heavy (non-hydrogen) atoms. The van der Waals surface area contributed by atoms with Gasteiger partial charge in [-0.3, -0.25) is 3.97 Å². The molecule has 1 aromatic carbocycles. The van der Waals surface area contributed by atoms with Gasteiger partial charge in [0.15, 0.2) is 0 Å². The molecule has 0 saturated heterocycles. The molecule has 0 saturated carbocycles. The van der Waals surface area contributed by atoms with Crippen LogP contribution >= 0.6 is 11.9 Å². The van der Waals surface area contributed by atoms with Gasteiger partial charge in [0.2, 0.25) is 0 Å². The molecule has 0 aliphatic carbocycles. The average molecular weight is 218 g/mol. The van der Waals surface area contributed by atoms with Gasteiger partial charge in [-0.2, -0.15) is 0 Å². The van der Waals surface area contributed by atoms with Gasteiger partial charge in [-0.15, -0.1) is 0 Å². The molecule has 2 aromatic rings. The highest BCUT2D eigenvalue weighted by molar-refractivity contribution is 7.97. The van der Waals surface area contributed by atoms with Crippen molar-refractivity contribution < 1.29 is 0 Å². The number of hydrogen-bond acceptors (Lipinski definition) is 2. The third kappa shape index (κ3) is 2.18. The molecular formula is C12H14N2S. The summed E-state index contributed by atoms with van der Waals surface area (Å²) >= 11 is 1.70. The third-order valence-corrected chi connectivity index (χ3v) is 3.03. The number of nitrogens with zero attached hydrogens (tertiary/aromatic N) is 1. The molecule has 2 rings (SSSR count). The number of benzene rings is 1. The summed E-state index contributed by atoms with van der Waals surface area (Å²) in [5.41, 5.74) is 3.65. The van der Waals surface area contributed by atoms with Gasteiger partial charge >= 0.3 is 0 Å². The number of anilines is 1. The van der Waals surface area contributed by atoms with Gasteiger partial charge in [-0.25, -0.2) is 0 Å². The van der Waals surface area contributed by atoms with E-state index in [1.54, 1.807) is 11.9 Å². The minimum atomic E-state index is 1.14. The molecule has 3 heteroatoms. The standard InChI is InChI=1S/C12H14N2S/c1-13-12-5-3-10(4-6-12)11-7-8-14(9-11)15-2/h3-9,13H,1-2H3. The summed E-state index contributed by atoms with van der Waals surface area (Å²) in [5.74, 6) is 0. The Bertz CT molecular complexity index is 431. The fraction of sp³-hybridized carbons (Fsp3) is 0.167. The van der Waals surface area contributed by atoms with E-state index < -0.39 is 0 Å². The second-order valence-corrected chi connectivity index (χ2v) is 4.06. The molecule has 2 nitrogen and oxygen atoms in total. The lowest BCUT2D eigenvalue weighted by Crippen LogP contribution is -1.86. The second kappa shape index (κ2) is 4.45. The van der Waals surface area contributed by atoms with E-state index in [-0.39, 0.29) is 0 Å². The Morgan fingerprint density at radius 2 is 1.80 bits per heavy atom. The van der Waals surface area contributed by atoms with E-state index in [4.69, 9.17) is 0 Å². The van der Waals surface area contributed by atoms with E-state index in [1.165, 1.54) is 11.1 Å². The zero-order valence-corrected chi connectivity index (χ0v) is 9.71. The second-order valence-electron chi connectivity index (χ2n) is 3.27. The number of rotatable bonds is 3. The summed E-state index contributed by atoms with van der Waals surface area (Å²) in [6, 6.07) is 10.6. The van der Waals surface area contributed by atoms with E-state index in [2.05, 4.69) is 58.3 Å². The van der Waals surface area contributed by atoms with Gasteiger partial charge in [-0.05, 0) is 35.7 Å². The van der Waals surface area contributed by atoms with Crippen LogP contribution in [0.5, 0.6) is 0 Å². The summed E-state index contributed by atoms with van der Waals surface area (Å²) in [4.78, 5) is 0. The fourth-order valence-electron chi connectivity index (χ4n) is 1.49. The van der Waals surface area contributed by atoms with Gasteiger partial charge < -0.3 is 5.32 Å². The van der Waals surface area contributed by atoms with Crippen LogP contribution < -0.4 is 5.32 Å². The molecule has 0 aliphatic heterocycles. The summed E-state index contributed by atoms with van der Waals surface area (Å²) in [6.45, 7) is 0. The maximum atomic E-state index is 3.11. The van der Waals surface area contributed by atoms with E-state index in [9.17, 15) is 0 Å². The molecule has 1 aromatic heterocycles. The molecule has 0 amide bonds. The van der Waals surface area contributed by atoms with Crippen LogP contribution in [0.2, 0.25) is 0 Å². The molecule has 0 radical (unpaired) electrons. The Balaban J connectivity index is 2.28. The quantitative estimate of drug-likeness (QED) is 0.851. The molecule has 0 spiro atoms. The first-order valence-corrected chi connectivity index (χ1v) is 6.02. The summed E-state index contributed by atoms with van der Waals surface area (Å²) < 4.78 is 2.10. The zero-order valence-electron chi connectivity index (χ0n) is 8.90. The van der Waals surface area contributed by atoms with Crippen molar-refractivity contribution in [3.8, 4) is 11.1 Å². The zero-order chi connectivity index (χ0) is 10.7. The van der Waals surface area contributed by atoms with Gasteiger partial charge in [0.25, 0.3) is 0 Å². The van der Waals surface area contributed by atoms with Crippen LogP contribution in [-0.4, -0.2) is 17.3 Å². The van der Waals surface area contributed by atoms with E-state index in [1.807, 2.05) is 7.05 Å². The van der Waals surface area contributed by atoms with E-state index in [0.717, 1.165) is 5.69 Å². The third-order valence-electron chi connectivity index (χ3n) is 2.39. The largest absolute Gasteiger partial charge is 0.388 e. The van der Waals surface area contributed by atoms with Crippen molar-refractivity contribution in [3.05, 3.63) is 42.7 Å². The Morgan fingerprint density at radius 3 is 2.33 bits per heavy atom. The van der Waals surface area contributed by atoms with Crippen LogP contribution in [0, 0.1) is 0 Å². The first-order chi connectivity index (χ1) is 7.33. The van der Waals surface area contributed by atoms with Crippen molar-refractivity contribution in [2.24, 2.45) is 0 Å². The summed E-state index contributed by atoms with van der Waals surface area (Å²) in [7, 11) is 1.93. The predicted molar refractivity (Wildman–Crippen MR) is 68.3 cm³/mol. The first-order valence-electron chi connectivity index (χ1n) is 4.84. The first kappa shape index (κ1) is 10.2. The molecular weight excluding hydrogens is 204 g/mol. The van der Waals surface area contributed by atoms with Crippen molar-refractivity contribution in [1.82, 2.24) is 3.97 Å². The minimum Gasteiger partial charge on any atom is -0.388 e. The summed E-state index contributed by atoms with van der Waals surface area (Å²) in [6.07, 6.45) is 6.28. The molecule has 0 bridgehead atoms. The average Bonchev–Trinajstić information content (AvgIpc) is 2.78. The van der Waals surface area contributed by atoms with Crippen LogP contribution in [0.4, 0.5) is 5.69 Å². The van der Waals surface area contributed by atoms with Crippen molar-refractivity contribution in [3.63, 3.8) is 0 Å². The van der Waals surface area contributed by atoms with Crippen molar-refractivity contribution >= 4 is 17.6 Å². The molecule has 0 atom stereocenters. The smallest absolute Gasteiger partial charge is 0.0337 e. The topological polar surface area (TPSA) is 17.0 Å². The Morgan fingerprint density at radius 1 is 1.07 bits per heavy atom. The SMILES string of the molecule is CNc1ccc(-c2ccn(SC)c2)cc1. The van der Waals surface area contributed by atoms with Crippen LogP contribution in [0.15, 0.2) is 42.7 Å². The lowest BCUT2D eigenvalue weighted by atomic mass is 10.1. The lowest BCUT2D eigenvalue weighted by Gasteiger charge is -2.01. The monoisotopic (exact) mass is 218 g/mol. The van der Waals surface area contributed by atoms with Gasteiger partial charge in [0.05, 0.1) is 0 Å². The van der Waals surface area contributed by atoms with Crippen LogP contribution in [0.1, 0.15) is 0 Å². The van der Waals surface area contributed by atoms with Gasteiger partial charge in [0.1, 0.15) is 0 Å². The molecule has 0 aliphatic rings. The Labute approximate surface area is 94.4 Å². The molecule has 0 unspecified atom stereocenters. The number of nitrogens with one attached hydrogen (secondary N) is 1. The number of hydrogen-bond donors (Lipinski definition) is 1. The van der Waals surface area contributed by atoms with Crippen LogP contribution in [0.25, 0.3) is 11.1 Å². The molecule has 0 fully saturated rings.